The fraction of sp³-hybridized carbons (Fsp3) is 0.900. The van der Waals surface area contributed by atoms with Crippen LogP contribution in [0.1, 0.15) is 45.0 Å². The number of aromatic nitrogens is 4. The van der Waals surface area contributed by atoms with Crippen LogP contribution in [0, 0.1) is 11.8 Å². The van der Waals surface area contributed by atoms with Crippen molar-refractivity contribution in [1.82, 2.24) is 20.2 Å². The molecule has 2 rings (SSSR count). The van der Waals surface area contributed by atoms with Gasteiger partial charge in [-0.1, -0.05) is 13.3 Å². The largest absolute Gasteiger partial charge is 0.322 e. The van der Waals surface area contributed by atoms with E-state index in [0.29, 0.717) is 0 Å². The summed E-state index contributed by atoms with van der Waals surface area (Å²) in [6.45, 7) is 5.15. The van der Waals surface area contributed by atoms with Gasteiger partial charge in [0.15, 0.2) is 5.82 Å². The zero-order valence-electron chi connectivity index (χ0n) is 9.43. The first kappa shape index (κ1) is 10.5. The van der Waals surface area contributed by atoms with Crippen LogP contribution < -0.4 is 5.73 Å². The molecule has 0 radical (unpaired) electrons. The lowest BCUT2D eigenvalue weighted by molar-refractivity contribution is 0.396. The highest BCUT2D eigenvalue weighted by Gasteiger charge is 2.23. The van der Waals surface area contributed by atoms with Crippen LogP contribution in [0.2, 0.25) is 0 Å². The van der Waals surface area contributed by atoms with Crippen LogP contribution in [0.4, 0.5) is 0 Å². The monoisotopic (exact) mass is 209 g/mol. The third-order valence-corrected chi connectivity index (χ3v) is 3.20. The van der Waals surface area contributed by atoms with Crippen LogP contribution in [0.15, 0.2) is 0 Å². The minimum Gasteiger partial charge on any atom is -0.322 e. The summed E-state index contributed by atoms with van der Waals surface area (Å²) in [6, 6.07) is -0.0844. The first-order chi connectivity index (χ1) is 7.16. The maximum Gasteiger partial charge on any atom is 0.167 e. The molecule has 5 nitrogen and oxygen atoms in total. The fourth-order valence-electron chi connectivity index (χ4n) is 2.40. The van der Waals surface area contributed by atoms with Crippen LogP contribution >= 0.6 is 0 Å². The van der Waals surface area contributed by atoms with Crippen LogP contribution in [0.3, 0.4) is 0 Å². The first-order valence-corrected chi connectivity index (χ1v) is 5.68. The zero-order valence-corrected chi connectivity index (χ0v) is 9.43. The van der Waals surface area contributed by atoms with E-state index in [1.165, 1.54) is 19.3 Å². The van der Waals surface area contributed by atoms with E-state index in [-0.39, 0.29) is 6.04 Å². The second-order valence-electron chi connectivity index (χ2n) is 4.79. The summed E-state index contributed by atoms with van der Waals surface area (Å²) in [5, 5.41) is 11.6. The molecule has 0 aliphatic heterocycles. The number of nitrogens with two attached hydrogens (primary N) is 1. The molecular weight excluding hydrogens is 190 g/mol. The lowest BCUT2D eigenvalue weighted by Crippen LogP contribution is -2.18. The van der Waals surface area contributed by atoms with Gasteiger partial charge in [-0.3, -0.25) is 0 Å². The van der Waals surface area contributed by atoms with Crippen LogP contribution in [0.25, 0.3) is 0 Å². The molecule has 2 N–H and O–H groups in total. The fourth-order valence-corrected chi connectivity index (χ4v) is 2.40. The minimum absolute atomic E-state index is 0.0844. The molecule has 0 bridgehead atoms. The highest BCUT2D eigenvalue weighted by Crippen LogP contribution is 2.31. The summed E-state index contributed by atoms with van der Waals surface area (Å²) in [7, 11) is 0. The Morgan fingerprint density at radius 3 is 2.93 bits per heavy atom. The molecular formula is C10H19N5. The molecule has 0 saturated heterocycles. The molecule has 0 aromatic carbocycles. The average molecular weight is 209 g/mol. The van der Waals surface area contributed by atoms with E-state index in [9.17, 15) is 0 Å². The van der Waals surface area contributed by atoms with Gasteiger partial charge in [0, 0.05) is 6.54 Å². The molecule has 0 amide bonds. The van der Waals surface area contributed by atoms with E-state index in [0.717, 1.165) is 24.2 Å². The summed E-state index contributed by atoms with van der Waals surface area (Å²) in [6.07, 6.45) is 3.91. The number of nitrogens with zero attached hydrogens (tertiary/aromatic N) is 4. The Labute approximate surface area is 90.0 Å². The Hall–Kier alpha value is -0.970. The van der Waals surface area contributed by atoms with Gasteiger partial charge < -0.3 is 5.73 Å². The molecule has 1 aliphatic carbocycles. The van der Waals surface area contributed by atoms with Crippen molar-refractivity contribution in [3.63, 3.8) is 0 Å². The first-order valence-electron chi connectivity index (χ1n) is 5.68. The number of rotatable bonds is 3. The number of hydrogen-bond donors (Lipinski definition) is 1. The lowest BCUT2D eigenvalue weighted by Gasteiger charge is -2.11. The smallest absolute Gasteiger partial charge is 0.167 e. The molecule has 84 valence electrons. The molecule has 3 unspecified atom stereocenters. The van der Waals surface area contributed by atoms with E-state index in [1.807, 2.05) is 11.6 Å². The SMILES string of the molecule is CC1CCC(Cn2nnnc2C(C)N)C1. The van der Waals surface area contributed by atoms with Crippen LogP contribution in [-0.2, 0) is 6.54 Å². The predicted octanol–water partition coefficient (Wildman–Crippen LogP) is 1.13. The van der Waals surface area contributed by atoms with Crippen molar-refractivity contribution in [3.05, 3.63) is 5.82 Å². The number of hydrogen-bond acceptors (Lipinski definition) is 4. The molecule has 0 spiro atoms. The molecule has 1 aromatic heterocycles. The Morgan fingerprint density at radius 2 is 2.33 bits per heavy atom. The molecule has 1 aliphatic rings. The van der Waals surface area contributed by atoms with Gasteiger partial charge in [-0.2, -0.15) is 0 Å². The molecule has 1 fully saturated rings. The third kappa shape index (κ3) is 2.34. The topological polar surface area (TPSA) is 69.6 Å². The summed E-state index contributed by atoms with van der Waals surface area (Å²) in [5.41, 5.74) is 5.80. The van der Waals surface area contributed by atoms with Gasteiger partial charge in [-0.05, 0) is 42.0 Å². The van der Waals surface area contributed by atoms with Crippen molar-refractivity contribution in [1.29, 1.82) is 0 Å². The highest BCUT2D eigenvalue weighted by atomic mass is 15.5. The van der Waals surface area contributed by atoms with Crippen LogP contribution in [-0.4, -0.2) is 20.2 Å². The van der Waals surface area contributed by atoms with Gasteiger partial charge in [-0.15, -0.1) is 5.10 Å². The van der Waals surface area contributed by atoms with E-state index in [2.05, 4.69) is 22.4 Å². The van der Waals surface area contributed by atoms with E-state index >= 15 is 0 Å². The summed E-state index contributed by atoms with van der Waals surface area (Å²) in [4.78, 5) is 0. The summed E-state index contributed by atoms with van der Waals surface area (Å²) < 4.78 is 1.87. The van der Waals surface area contributed by atoms with E-state index < -0.39 is 0 Å². The predicted molar refractivity (Wildman–Crippen MR) is 56.9 cm³/mol. The van der Waals surface area contributed by atoms with Crippen molar-refractivity contribution >= 4 is 0 Å². The molecule has 1 aromatic rings. The molecule has 3 atom stereocenters. The quantitative estimate of drug-likeness (QED) is 0.810. The van der Waals surface area contributed by atoms with Gasteiger partial charge in [0.2, 0.25) is 0 Å². The van der Waals surface area contributed by atoms with Crippen LogP contribution in [0.5, 0.6) is 0 Å². The Morgan fingerprint density at radius 1 is 1.53 bits per heavy atom. The second-order valence-corrected chi connectivity index (χ2v) is 4.79. The average Bonchev–Trinajstić information content (AvgIpc) is 2.75. The molecule has 1 saturated carbocycles. The van der Waals surface area contributed by atoms with Crippen molar-refractivity contribution in [2.24, 2.45) is 17.6 Å². The Balaban J connectivity index is 2.01. The standard InChI is InChI=1S/C10H19N5/c1-7-3-4-9(5-7)6-15-10(8(2)11)12-13-14-15/h7-9H,3-6,11H2,1-2H3. The summed E-state index contributed by atoms with van der Waals surface area (Å²) in [5.74, 6) is 2.38. The van der Waals surface area contributed by atoms with Crippen molar-refractivity contribution < 1.29 is 0 Å². The normalized spacial score (nSPS) is 28.2. The molecule has 15 heavy (non-hydrogen) atoms. The van der Waals surface area contributed by atoms with Gasteiger partial charge in [0.25, 0.3) is 0 Å². The third-order valence-electron chi connectivity index (χ3n) is 3.20. The molecule has 5 heteroatoms. The number of tetrazole rings is 1. The van der Waals surface area contributed by atoms with Gasteiger partial charge in [0.1, 0.15) is 0 Å². The van der Waals surface area contributed by atoms with Crippen molar-refractivity contribution in [2.75, 3.05) is 0 Å². The Kier molecular flexibility index (Phi) is 3.00. The van der Waals surface area contributed by atoms with Gasteiger partial charge >= 0.3 is 0 Å². The van der Waals surface area contributed by atoms with Gasteiger partial charge in [-0.25, -0.2) is 4.68 Å². The minimum atomic E-state index is -0.0844. The maximum absolute atomic E-state index is 5.80. The highest BCUT2D eigenvalue weighted by molar-refractivity contribution is 4.88. The zero-order chi connectivity index (χ0) is 10.8. The lowest BCUT2D eigenvalue weighted by atomic mass is 10.1. The van der Waals surface area contributed by atoms with E-state index in [4.69, 9.17) is 5.73 Å². The Bertz CT molecular complexity index is 319. The van der Waals surface area contributed by atoms with Crippen molar-refractivity contribution in [3.8, 4) is 0 Å². The van der Waals surface area contributed by atoms with Gasteiger partial charge in [0.05, 0.1) is 6.04 Å². The summed E-state index contributed by atoms with van der Waals surface area (Å²) >= 11 is 0. The van der Waals surface area contributed by atoms with Crippen molar-refractivity contribution in [2.45, 2.75) is 45.7 Å². The second kappa shape index (κ2) is 4.26. The maximum atomic E-state index is 5.80. The van der Waals surface area contributed by atoms with E-state index in [1.54, 1.807) is 0 Å². The molecule has 1 heterocycles.